The van der Waals surface area contributed by atoms with E-state index in [1.54, 1.807) is 51.2 Å². The molecule has 0 radical (unpaired) electrons. The highest BCUT2D eigenvalue weighted by molar-refractivity contribution is 5.98. The number of nitrogens with zero attached hydrogens (tertiary/aromatic N) is 1. The number of hydrogen-bond acceptors (Lipinski definition) is 6. The number of fused-ring (bicyclic) bond motifs is 1. The summed E-state index contributed by atoms with van der Waals surface area (Å²) in [4.78, 5) is 58.3. The van der Waals surface area contributed by atoms with Crippen LogP contribution in [0.1, 0.15) is 67.9 Å². The quantitative estimate of drug-likeness (QED) is 0.281. The van der Waals surface area contributed by atoms with Crippen molar-refractivity contribution in [2.24, 2.45) is 5.41 Å². The second-order valence-corrected chi connectivity index (χ2v) is 9.57. The third kappa shape index (κ3) is 4.88. The van der Waals surface area contributed by atoms with Gasteiger partial charge < -0.3 is 26.2 Å². The van der Waals surface area contributed by atoms with Crippen molar-refractivity contribution in [3.63, 3.8) is 0 Å². The van der Waals surface area contributed by atoms with E-state index < -0.39 is 35.2 Å². The maximum absolute atomic E-state index is 13.0. The lowest BCUT2D eigenvalue weighted by Crippen LogP contribution is -2.62. The molecule has 0 spiro atoms. The maximum Gasteiger partial charge on any atom is 0.329 e. The summed E-state index contributed by atoms with van der Waals surface area (Å²) in [5, 5.41) is 22.0. The number of nitrogens with one attached hydrogen (secondary N) is 3. The molecule has 7 N–H and O–H groups in total. The van der Waals surface area contributed by atoms with Gasteiger partial charge in [0.2, 0.25) is 5.95 Å². The van der Waals surface area contributed by atoms with E-state index in [-0.39, 0.29) is 29.4 Å². The smallest absolute Gasteiger partial charge is 0.329 e. The summed E-state index contributed by atoms with van der Waals surface area (Å²) in [7, 11) is 0. The van der Waals surface area contributed by atoms with Crippen molar-refractivity contribution >= 4 is 34.8 Å². The lowest BCUT2D eigenvalue weighted by molar-refractivity contribution is -0.151. The van der Waals surface area contributed by atoms with Gasteiger partial charge in [-0.25, -0.2) is 4.79 Å². The summed E-state index contributed by atoms with van der Waals surface area (Å²) >= 11 is 0. The van der Waals surface area contributed by atoms with Crippen LogP contribution in [0, 0.1) is 5.41 Å². The zero-order valence-corrected chi connectivity index (χ0v) is 19.9. The fourth-order valence-electron chi connectivity index (χ4n) is 4.19. The van der Waals surface area contributed by atoms with Gasteiger partial charge in [0, 0.05) is 24.1 Å². The fraction of sp³-hybridized carbons (Fsp3) is 0.375. The molecule has 0 aliphatic heterocycles. The Bertz CT molecular complexity index is 1340. The molecule has 2 aromatic heterocycles. The number of hydrogen-bond donors (Lipinski definition) is 6. The first-order chi connectivity index (χ1) is 16.3. The summed E-state index contributed by atoms with van der Waals surface area (Å²) in [6, 6.07) is 6.55. The highest BCUT2D eigenvalue weighted by atomic mass is 16.4. The molecule has 2 atom stereocenters. The Morgan fingerprint density at radius 1 is 1.14 bits per heavy atom. The average molecular weight is 484 g/mol. The average Bonchev–Trinajstić information content (AvgIpc) is 3.19. The van der Waals surface area contributed by atoms with Crippen molar-refractivity contribution in [1.29, 1.82) is 0 Å². The molecule has 11 heteroatoms. The number of anilines is 1. The van der Waals surface area contributed by atoms with Crippen LogP contribution in [0.2, 0.25) is 0 Å². The van der Waals surface area contributed by atoms with Crippen molar-refractivity contribution in [3.05, 3.63) is 57.5 Å². The topological polar surface area (TPSA) is 191 Å². The number of carboxylic acids is 2. The number of nitrogen functional groups attached to an aromatic ring is 1. The minimum atomic E-state index is -1.78. The van der Waals surface area contributed by atoms with E-state index in [9.17, 15) is 24.3 Å². The lowest BCUT2D eigenvalue weighted by atomic mass is 9.70. The zero-order valence-electron chi connectivity index (χ0n) is 19.9. The number of rotatable bonds is 8. The summed E-state index contributed by atoms with van der Waals surface area (Å²) in [5.74, 6) is -3.30. The van der Waals surface area contributed by atoms with Crippen LogP contribution in [-0.2, 0) is 9.59 Å². The Morgan fingerprint density at radius 3 is 2.31 bits per heavy atom. The van der Waals surface area contributed by atoms with Crippen molar-refractivity contribution in [3.8, 4) is 0 Å². The number of carbonyl (C=O) groups is 3. The van der Waals surface area contributed by atoms with Gasteiger partial charge in [-0.05, 0) is 35.1 Å². The van der Waals surface area contributed by atoms with Crippen LogP contribution in [0.15, 0.2) is 35.3 Å². The van der Waals surface area contributed by atoms with Gasteiger partial charge in [-0.2, -0.15) is 4.98 Å². The number of carbonyl (C=O) groups excluding carboxylic acids is 1. The fourth-order valence-corrected chi connectivity index (χ4v) is 4.19. The molecule has 0 bridgehead atoms. The third-order valence-electron chi connectivity index (χ3n) is 6.42. The molecule has 0 saturated heterocycles. The number of nitrogens with two attached hydrogens (primary N) is 1. The molecule has 0 fully saturated rings. The molecule has 3 rings (SSSR count). The lowest BCUT2D eigenvalue weighted by Gasteiger charge is -2.41. The minimum Gasteiger partial charge on any atom is -0.481 e. The number of H-pyrrole nitrogens is 2. The third-order valence-corrected chi connectivity index (χ3v) is 6.42. The Hall–Kier alpha value is -4.15. The SMILES string of the molecule is CC(c1ccc(C(=O)N[C@@](CCC(=O)O)(C(=O)O)C(C)(C)C)cc1)c1c[nH]c2nc(N)[nH]c(=O)c12. The molecule has 0 aliphatic carbocycles. The van der Waals surface area contributed by atoms with Gasteiger partial charge in [0.25, 0.3) is 11.5 Å². The second-order valence-electron chi connectivity index (χ2n) is 9.57. The van der Waals surface area contributed by atoms with E-state index in [2.05, 4.69) is 20.3 Å². The van der Waals surface area contributed by atoms with E-state index in [1.165, 1.54) is 0 Å². The van der Waals surface area contributed by atoms with E-state index in [4.69, 9.17) is 10.8 Å². The van der Waals surface area contributed by atoms with Gasteiger partial charge in [0.15, 0.2) is 0 Å². The van der Waals surface area contributed by atoms with Crippen LogP contribution >= 0.6 is 0 Å². The first-order valence-electron chi connectivity index (χ1n) is 11.0. The molecule has 3 aromatic rings. The van der Waals surface area contributed by atoms with Crippen LogP contribution in [0.5, 0.6) is 0 Å². The Labute approximate surface area is 200 Å². The number of carboxylic acid groups (broad SMARTS) is 2. The van der Waals surface area contributed by atoms with E-state index in [1.807, 2.05) is 6.92 Å². The molecule has 0 saturated carbocycles. The summed E-state index contributed by atoms with van der Waals surface area (Å²) < 4.78 is 0. The minimum absolute atomic E-state index is 0.00923. The van der Waals surface area contributed by atoms with Crippen LogP contribution in [-0.4, -0.2) is 48.5 Å². The number of aliphatic carboxylic acids is 2. The highest BCUT2D eigenvalue weighted by Gasteiger charge is 2.50. The van der Waals surface area contributed by atoms with E-state index in [0.717, 1.165) is 5.56 Å². The van der Waals surface area contributed by atoms with Crippen LogP contribution in [0.3, 0.4) is 0 Å². The first-order valence-corrected chi connectivity index (χ1v) is 11.0. The number of benzene rings is 1. The molecule has 11 nitrogen and oxygen atoms in total. The molecule has 1 amide bonds. The monoisotopic (exact) mass is 483 g/mol. The van der Waals surface area contributed by atoms with Crippen molar-refractivity contribution in [2.75, 3.05) is 5.73 Å². The molecular formula is C24H29N5O6. The predicted molar refractivity (Wildman–Crippen MR) is 129 cm³/mol. The second kappa shape index (κ2) is 9.24. The van der Waals surface area contributed by atoms with Gasteiger partial charge in [-0.15, -0.1) is 0 Å². The standard InChI is InChI=1S/C24H29N5O6/c1-12(15-11-26-18-17(15)20(33)28-22(25)27-18)13-5-7-14(8-6-13)19(32)29-24(21(34)35,23(2,3)4)10-9-16(30)31/h5-8,11-12H,9-10H2,1-4H3,(H,29,32)(H,30,31)(H,34,35)(H4,25,26,27,28,33)/t12?,24-/m0/s1. The molecule has 2 heterocycles. The molecule has 0 aliphatic rings. The van der Waals surface area contributed by atoms with E-state index >= 15 is 0 Å². The van der Waals surface area contributed by atoms with Gasteiger partial charge >= 0.3 is 11.9 Å². The number of amides is 1. The van der Waals surface area contributed by atoms with Crippen molar-refractivity contribution < 1.29 is 24.6 Å². The van der Waals surface area contributed by atoms with Crippen LogP contribution < -0.4 is 16.6 Å². The molecule has 1 unspecified atom stereocenters. The Kier molecular flexibility index (Phi) is 6.73. The number of aromatic nitrogens is 3. The van der Waals surface area contributed by atoms with Gasteiger partial charge in [-0.1, -0.05) is 39.8 Å². The summed E-state index contributed by atoms with van der Waals surface area (Å²) in [6.07, 6.45) is 1.00. The normalized spacial score (nSPS) is 14.3. The van der Waals surface area contributed by atoms with E-state index in [0.29, 0.717) is 16.6 Å². The summed E-state index contributed by atoms with van der Waals surface area (Å²) in [6.45, 7) is 6.81. The molecule has 1 aromatic carbocycles. The highest BCUT2D eigenvalue weighted by Crippen LogP contribution is 2.35. The summed E-state index contributed by atoms with van der Waals surface area (Å²) in [5.41, 5.74) is 4.60. The zero-order chi connectivity index (χ0) is 26.1. The maximum atomic E-state index is 13.0. The molecule has 35 heavy (non-hydrogen) atoms. The van der Waals surface area contributed by atoms with Crippen LogP contribution in [0.4, 0.5) is 5.95 Å². The van der Waals surface area contributed by atoms with Gasteiger partial charge in [0.1, 0.15) is 11.2 Å². The van der Waals surface area contributed by atoms with Gasteiger partial charge in [-0.3, -0.25) is 19.4 Å². The molecule has 186 valence electrons. The first kappa shape index (κ1) is 25.5. The Morgan fingerprint density at radius 2 is 1.77 bits per heavy atom. The van der Waals surface area contributed by atoms with Crippen molar-refractivity contribution in [2.45, 2.75) is 52.0 Å². The van der Waals surface area contributed by atoms with Gasteiger partial charge in [0.05, 0.1) is 5.39 Å². The largest absolute Gasteiger partial charge is 0.481 e. The Balaban J connectivity index is 1.89. The predicted octanol–water partition coefficient (Wildman–Crippen LogP) is 2.45. The molecular weight excluding hydrogens is 454 g/mol. The van der Waals surface area contributed by atoms with Crippen LogP contribution in [0.25, 0.3) is 11.0 Å². The van der Waals surface area contributed by atoms with Crippen molar-refractivity contribution in [1.82, 2.24) is 20.3 Å². The number of aromatic amines is 2.